The van der Waals surface area contributed by atoms with Crippen molar-refractivity contribution in [1.29, 1.82) is 0 Å². The summed E-state index contributed by atoms with van der Waals surface area (Å²) in [6.07, 6.45) is 20.4. The van der Waals surface area contributed by atoms with Gasteiger partial charge in [0.2, 0.25) is 0 Å². The SMILES string of the molecule is C=CC/C=C/CCCCCCCCCCc1cccc(O)c1. The third-order valence-corrected chi connectivity index (χ3v) is 3.97. The van der Waals surface area contributed by atoms with Gasteiger partial charge in [-0.15, -0.1) is 6.58 Å². The Balaban J connectivity index is 1.85. The number of benzene rings is 1. The molecule has 0 aromatic heterocycles. The summed E-state index contributed by atoms with van der Waals surface area (Å²) < 4.78 is 0. The van der Waals surface area contributed by atoms with Gasteiger partial charge in [0.25, 0.3) is 0 Å². The molecule has 0 unspecified atom stereocenters. The normalized spacial score (nSPS) is 11.1. The number of rotatable bonds is 13. The summed E-state index contributed by atoms with van der Waals surface area (Å²) in [5.74, 6) is 0.386. The second kappa shape index (κ2) is 13.2. The van der Waals surface area contributed by atoms with E-state index in [9.17, 15) is 5.11 Å². The fourth-order valence-electron chi connectivity index (χ4n) is 2.67. The van der Waals surface area contributed by atoms with Crippen LogP contribution in [0.1, 0.15) is 69.8 Å². The number of hydrogen-bond acceptors (Lipinski definition) is 1. The summed E-state index contributed by atoms with van der Waals surface area (Å²) in [5, 5.41) is 9.41. The summed E-state index contributed by atoms with van der Waals surface area (Å²) in [4.78, 5) is 0. The van der Waals surface area contributed by atoms with Crippen molar-refractivity contribution in [2.75, 3.05) is 0 Å². The second-order valence-electron chi connectivity index (χ2n) is 6.03. The Bertz CT molecular complexity index is 420. The number of allylic oxidation sites excluding steroid dienone is 3. The molecule has 22 heavy (non-hydrogen) atoms. The quantitative estimate of drug-likeness (QED) is 0.322. The molecule has 1 aromatic carbocycles. The van der Waals surface area contributed by atoms with Crippen LogP contribution in [-0.2, 0) is 6.42 Å². The van der Waals surface area contributed by atoms with Crippen molar-refractivity contribution in [1.82, 2.24) is 0 Å². The van der Waals surface area contributed by atoms with Gasteiger partial charge < -0.3 is 5.11 Å². The van der Waals surface area contributed by atoms with Crippen LogP contribution in [0.4, 0.5) is 0 Å². The molecule has 1 aromatic rings. The predicted octanol–water partition coefficient (Wildman–Crippen LogP) is 6.58. The zero-order valence-corrected chi connectivity index (χ0v) is 14.0. The summed E-state index contributed by atoms with van der Waals surface area (Å²) >= 11 is 0. The van der Waals surface area contributed by atoms with Gasteiger partial charge in [0.05, 0.1) is 0 Å². The molecule has 0 heterocycles. The molecule has 1 rings (SSSR count). The molecule has 1 N–H and O–H groups in total. The standard InChI is InChI=1S/C21H32O/c1-2-3-4-5-6-7-8-9-10-11-12-13-14-16-20-17-15-18-21(22)19-20/h2,4-5,15,17-19,22H,1,3,6-14,16H2/b5-4+. The maximum Gasteiger partial charge on any atom is 0.115 e. The molecular weight excluding hydrogens is 268 g/mol. The Labute approximate surface area is 136 Å². The lowest BCUT2D eigenvalue weighted by Gasteiger charge is -2.03. The Morgan fingerprint density at radius 3 is 2.23 bits per heavy atom. The molecule has 1 nitrogen and oxygen atoms in total. The third kappa shape index (κ3) is 10.3. The molecule has 0 saturated heterocycles. The largest absolute Gasteiger partial charge is 0.508 e. The number of unbranched alkanes of at least 4 members (excludes halogenated alkanes) is 8. The molecule has 0 fully saturated rings. The molecule has 0 bridgehead atoms. The van der Waals surface area contributed by atoms with Gasteiger partial charge in [-0.05, 0) is 49.8 Å². The summed E-state index contributed by atoms with van der Waals surface area (Å²) in [6.45, 7) is 3.71. The molecule has 0 saturated carbocycles. The van der Waals surface area contributed by atoms with Crippen molar-refractivity contribution in [2.45, 2.75) is 70.6 Å². The number of hydrogen-bond donors (Lipinski definition) is 1. The van der Waals surface area contributed by atoms with E-state index >= 15 is 0 Å². The van der Waals surface area contributed by atoms with Crippen molar-refractivity contribution in [3.05, 3.63) is 54.6 Å². The van der Waals surface area contributed by atoms with Gasteiger partial charge >= 0.3 is 0 Å². The van der Waals surface area contributed by atoms with Gasteiger partial charge in [-0.2, -0.15) is 0 Å². The summed E-state index contributed by atoms with van der Waals surface area (Å²) in [6, 6.07) is 7.64. The summed E-state index contributed by atoms with van der Waals surface area (Å²) in [7, 11) is 0. The van der Waals surface area contributed by atoms with Gasteiger partial charge in [-0.1, -0.05) is 68.9 Å². The van der Waals surface area contributed by atoms with Crippen LogP contribution in [0, 0.1) is 0 Å². The first-order chi connectivity index (χ1) is 10.8. The Kier molecular flexibility index (Phi) is 11.1. The molecule has 0 aliphatic rings. The average molecular weight is 300 g/mol. The van der Waals surface area contributed by atoms with Gasteiger partial charge in [0.15, 0.2) is 0 Å². The van der Waals surface area contributed by atoms with Crippen LogP contribution in [0.2, 0.25) is 0 Å². The van der Waals surface area contributed by atoms with Crippen LogP contribution >= 0.6 is 0 Å². The van der Waals surface area contributed by atoms with Crippen molar-refractivity contribution in [2.24, 2.45) is 0 Å². The maximum absolute atomic E-state index is 9.41. The summed E-state index contributed by atoms with van der Waals surface area (Å²) in [5.41, 5.74) is 1.25. The third-order valence-electron chi connectivity index (χ3n) is 3.97. The zero-order valence-electron chi connectivity index (χ0n) is 14.0. The lowest BCUT2D eigenvalue weighted by Crippen LogP contribution is -1.86. The van der Waals surface area contributed by atoms with Gasteiger partial charge in [-0.3, -0.25) is 0 Å². The van der Waals surface area contributed by atoms with Crippen LogP contribution in [0.15, 0.2) is 49.1 Å². The second-order valence-corrected chi connectivity index (χ2v) is 6.03. The van der Waals surface area contributed by atoms with Crippen LogP contribution in [0.25, 0.3) is 0 Å². The molecule has 0 atom stereocenters. The topological polar surface area (TPSA) is 20.2 Å². The molecule has 0 aliphatic heterocycles. The molecule has 0 aliphatic carbocycles. The average Bonchev–Trinajstić information content (AvgIpc) is 2.52. The highest BCUT2D eigenvalue weighted by Gasteiger charge is 1.96. The van der Waals surface area contributed by atoms with E-state index in [0.29, 0.717) is 5.75 Å². The minimum atomic E-state index is 0.386. The Morgan fingerprint density at radius 2 is 1.55 bits per heavy atom. The van der Waals surface area contributed by atoms with Crippen molar-refractivity contribution < 1.29 is 5.11 Å². The highest BCUT2D eigenvalue weighted by atomic mass is 16.3. The van der Waals surface area contributed by atoms with Crippen molar-refractivity contribution >= 4 is 0 Å². The molecule has 0 spiro atoms. The number of aryl methyl sites for hydroxylation is 1. The zero-order chi connectivity index (χ0) is 15.9. The molecule has 1 heteroatoms. The van der Waals surface area contributed by atoms with Gasteiger partial charge in [-0.25, -0.2) is 0 Å². The molecule has 0 amide bonds. The molecular formula is C21H32O. The van der Waals surface area contributed by atoms with E-state index in [4.69, 9.17) is 0 Å². The van der Waals surface area contributed by atoms with Gasteiger partial charge in [0, 0.05) is 0 Å². The first-order valence-electron chi connectivity index (χ1n) is 8.86. The fraction of sp³-hybridized carbons (Fsp3) is 0.524. The fourth-order valence-corrected chi connectivity index (χ4v) is 2.67. The highest BCUT2D eigenvalue weighted by Crippen LogP contribution is 2.15. The number of aromatic hydroxyl groups is 1. The Morgan fingerprint density at radius 1 is 0.864 bits per heavy atom. The predicted molar refractivity (Wildman–Crippen MR) is 97.3 cm³/mol. The first kappa shape index (κ1) is 18.5. The van der Waals surface area contributed by atoms with E-state index in [1.807, 2.05) is 18.2 Å². The van der Waals surface area contributed by atoms with Crippen molar-refractivity contribution in [3.8, 4) is 5.75 Å². The van der Waals surface area contributed by atoms with Crippen LogP contribution in [0.3, 0.4) is 0 Å². The minimum absolute atomic E-state index is 0.386. The highest BCUT2D eigenvalue weighted by molar-refractivity contribution is 5.27. The van der Waals surface area contributed by atoms with Crippen molar-refractivity contribution in [3.63, 3.8) is 0 Å². The van der Waals surface area contributed by atoms with E-state index in [1.165, 1.54) is 63.4 Å². The maximum atomic E-state index is 9.41. The molecule has 122 valence electrons. The van der Waals surface area contributed by atoms with E-state index in [2.05, 4.69) is 24.8 Å². The van der Waals surface area contributed by atoms with Crippen LogP contribution in [0.5, 0.6) is 5.75 Å². The van der Waals surface area contributed by atoms with Crippen LogP contribution < -0.4 is 0 Å². The molecule has 0 radical (unpaired) electrons. The van der Waals surface area contributed by atoms with E-state index in [0.717, 1.165) is 12.8 Å². The van der Waals surface area contributed by atoms with Gasteiger partial charge in [0.1, 0.15) is 5.75 Å². The lowest BCUT2D eigenvalue weighted by molar-refractivity contribution is 0.474. The monoisotopic (exact) mass is 300 g/mol. The first-order valence-corrected chi connectivity index (χ1v) is 8.86. The number of phenolic OH excluding ortho intramolecular Hbond substituents is 1. The van der Waals surface area contributed by atoms with E-state index < -0.39 is 0 Å². The smallest absolute Gasteiger partial charge is 0.115 e. The van der Waals surface area contributed by atoms with Crippen LogP contribution in [-0.4, -0.2) is 5.11 Å². The van der Waals surface area contributed by atoms with E-state index in [1.54, 1.807) is 6.07 Å². The lowest BCUT2D eigenvalue weighted by atomic mass is 10.0. The van der Waals surface area contributed by atoms with E-state index in [-0.39, 0.29) is 0 Å². The number of phenols is 1. The Hall–Kier alpha value is -1.50. The minimum Gasteiger partial charge on any atom is -0.508 e.